The number of ether oxygens (including phenoxy) is 3. The molecule has 0 unspecified atom stereocenters. The molecular weight excluding hydrogens is 356 g/mol. The number of hydrogen-bond acceptors (Lipinski definition) is 6. The van der Waals surface area contributed by atoms with Crippen molar-refractivity contribution in [3.63, 3.8) is 0 Å². The van der Waals surface area contributed by atoms with Crippen LogP contribution in [0, 0.1) is 13.8 Å². The van der Waals surface area contributed by atoms with Gasteiger partial charge in [0.2, 0.25) is 5.79 Å². The van der Waals surface area contributed by atoms with Gasteiger partial charge in [-0.25, -0.2) is 0 Å². The van der Waals surface area contributed by atoms with Gasteiger partial charge in [0.15, 0.2) is 11.5 Å². The summed E-state index contributed by atoms with van der Waals surface area (Å²) in [6.45, 7) is 8.76. The molecule has 1 aromatic heterocycles. The molecule has 3 aromatic rings. The lowest BCUT2D eigenvalue weighted by Gasteiger charge is -2.16. The van der Waals surface area contributed by atoms with Crippen molar-refractivity contribution >= 4 is 5.69 Å². The van der Waals surface area contributed by atoms with Crippen LogP contribution in [0.1, 0.15) is 36.4 Å². The maximum atomic E-state index is 5.85. The van der Waals surface area contributed by atoms with E-state index in [2.05, 4.69) is 10.5 Å². The molecule has 2 aromatic carbocycles. The molecule has 0 amide bonds. The van der Waals surface area contributed by atoms with Gasteiger partial charge in [0.25, 0.3) is 0 Å². The van der Waals surface area contributed by atoms with E-state index in [4.69, 9.17) is 18.7 Å². The second-order valence-corrected chi connectivity index (χ2v) is 7.35. The summed E-state index contributed by atoms with van der Waals surface area (Å²) in [7, 11) is 0. The van der Waals surface area contributed by atoms with Crippen LogP contribution in [-0.4, -0.2) is 10.9 Å². The van der Waals surface area contributed by atoms with Gasteiger partial charge in [-0.1, -0.05) is 17.3 Å². The van der Waals surface area contributed by atoms with Crippen LogP contribution in [0.5, 0.6) is 17.2 Å². The van der Waals surface area contributed by atoms with Crippen molar-refractivity contribution in [2.45, 2.75) is 46.6 Å². The Balaban J connectivity index is 1.33. The maximum Gasteiger partial charge on any atom is 0.246 e. The van der Waals surface area contributed by atoms with E-state index in [1.165, 1.54) is 0 Å². The largest absolute Gasteiger partial charge is 0.489 e. The predicted octanol–water partition coefficient (Wildman–Crippen LogP) is 4.99. The molecule has 0 bridgehead atoms. The first-order valence-electron chi connectivity index (χ1n) is 9.29. The van der Waals surface area contributed by atoms with Gasteiger partial charge in [-0.05, 0) is 43.7 Å². The highest BCUT2D eigenvalue weighted by Crippen LogP contribution is 2.40. The Hall–Kier alpha value is -3.15. The quantitative estimate of drug-likeness (QED) is 0.650. The van der Waals surface area contributed by atoms with Crippen molar-refractivity contribution in [3.05, 3.63) is 65.0 Å². The SMILES string of the molecule is Cc1noc(C)c1COc1ccc(CNc2ccc3c(c2)OC(C)(C)O3)cc1. The summed E-state index contributed by atoms with van der Waals surface area (Å²) in [6, 6.07) is 13.9. The van der Waals surface area contributed by atoms with E-state index in [-0.39, 0.29) is 0 Å². The van der Waals surface area contributed by atoms with Crippen LogP contribution in [0.25, 0.3) is 0 Å². The van der Waals surface area contributed by atoms with Gasteiger partial charge in [-0.15, -0.1) is 0 Å². The number of anilines is 1. The Kier molecular flexibility index (Phi) is 4.63. The predicted molar refractivity (Wildman–Crippen MR) is 106 cm³/mol. The van der Waals surface area contributed by atoms with Crippen molar-refractivity contribution in [1.29, 1.82) is 0 Å². The molecule has 2 heterocycles. The number of fused-ring (bicyclic) bond motifs is 1. The Bertz CT molecular complexity index is 957. The molecule has 1 aliphatic rings. The minimum absolute atomic E-state index is 0.451. The van der Waals surface area contributed by atoms with Gasteiger partial charge in [0.05, 0.1) is 11.3 Å². The Morgan fingerprint density at radius 1 is 1.00 bits per heavy atom. The Morgan fingerprint density at radius 2 is 1.75 bits per heavy atom. The molecule has 0 atom stereocenters. The zero-order valence-electron chi connectivity index (χ0n) is 16.5. The zero-order chi connectivity index (χ0) is 19.7. The summed E-state index contributed by atoms with van der Waals surface area (Å²) in [6.07, 6.45) is 0. The maximum absolute atomic E-state index is 5.85. The van der Waals surface area contributed by atoms with Gasteiger partial charge < -0.3 is 24.1 Å². The van der Waals surface area contributed by atoms with Gasteiger partial charge in [-0.2, -0.15) is 0 Å². The smallest absolute Gasteiger partial charge is 0.246 e. The number of aryl methyl sites for hydroxylation is 2. The minimum atomic E-state index is -0.611. The van der Waals surface area contributed by atoms with Crippen LogP contribution in [0.4, 0.5) is 5.69 Å². The Morgan fingerprint density at radius 3 is 2.46 bits per heavy atom. The molecule has 1 N–H and O–H groups in total. The lowest BCUT2D eigenvalue weighted by Crippen LogP contribution is -2.29. The molecule has 0 saturated carbocycles. The summed E-state index contributed by atoms with van der Waals surface area (Å²) < 4.78 is 22.5. The van der Waals surface area contributed by atoms with Crippen molar-refractivity contribution in [2.24, 2.45) is 0 Å². The third-order valence-corrected chi connectivity index (χ3v) is 4.64. The lowest BCUT2D eigenvalue weighted by molar-refractivity contribution is -0.0431. The number of nitrogens with one attached hydrogen (secondary N) is 1. The summed E-state index contributed by atoms with van der Waals surface area (Å²) in [5, 5.41) is 7.35. The topological polar surface area (TPSA) is 65.8 Å². The fourth-order valence-electron chi connectivity index (χ4n) is 3.10. The first-order chi connectivity index (χ1) is 13.4. The van der Waals surface area contributed by atoms with E-state index in [9.17, 15) is 0 Å². The Labute approximate surface area is 164 Å². The molecule has 6 nitrogen and oxygen atoms in total. The minimum Gasteiger partial charge on any atom is -0.489 e. The third-order valence-electron chi connectivity index (χ3n) is 4.64. The molecule has 146 valence electrons. The molecule has 28 heavy (non-hydrogen) atoms. The molecule has 0 spiro atoms. The van der Waals surface area contributed by atoms with E-state index in [1.54, 1.807) is 0 Å². The monoisotopic (exact) mass is 380 g/mol. The summed E-state index contributed by atoms with van der Waals surface area (Å²) in [4.78, 5) is 0. The highest BCUT2D eigenvalue weighted by atomic mass is 16.7. The molecule has 1 aliphatic heterocycles. The molecule has 0 radical (unpaired) electrons. The molecule has 0 saturated heterocycles. The van der Waals surface area contributed by atoms with Crippen LogP contribution in [0.3, 0.4) is 0 Å². The summed E-state index contributed by atoms with van der Waals surface area (Å²) in [5.41, 5.74) is 4.00. The van der Waals surface area contributed by atoms with E-state index >= 15 is 0 Å². The van der Waals surface area contributed by atoms with Crippen LogP contribution in [0.15, 0.2) is 47.0 Å². The number of rotatable bonds is 6. The van der Waals surface area contributed by atoms with Crippen LogP contribution in [-0.2, 0) is 13.2 Å². The standard InChI is InChI=1S/C22H24N2O4/c1-14-19(15(2)28-24-14)13-25-18-8-5-16(6-9-18)12-23-17-7-10-20-21(11-17)27-22(3,4)26-20/h5-11,23H,12-13H2,1-4H3. The average molecular weight is 380 g/mol. The molecule has 0 aliphatic carbocycles. The van der Waals surface area contributed by atoms with E-state index in [1.807, 2.05) is 70.2 Å². The first-order valence-corrected chi connectivity index (χ1v) is 9.29. The first kappa shape index (κ1) is 18.2. The lowest BCUT2D eigenvalue weighted by atomic mass is 10.2. The van der Waals surface area contributed by atoms with Crippen molar-refractivity contribution in [3.8, 4) is 17.2 Å². The van der Waals surface area contributed by atoms with Crippen LogP contribution >= 0.6 is 0 Å². The number of benzene rings is 2. The second-order valence-electron chi connectivity index (χ2n) is 7.35. The van der Waals surface area contributed by atoms with Gasteiger partial charge in [0.1, 0.15) is 18.1 Å². The normalized spacial score (nSPS) is 14.1. The highest BCUT2D eigenvalue weighted by Gasteiger charge is 2.31. The molecular formula is C22H24N2O4. The van der Waals surface area contributed by atoms with Crippen molar-refractivity contribution < 1.29 is 18.7 Å². The molecule has 4 rings (SSSR count). The number of nitrogens with zero attached hydrogens (tertiary/aromatic N) is 1. The number of hydrogen-bond donors (Lipinski definition) is 1. The fourth-order valence-corrected chi connectivity index (χ4v) is 3.10. The third kappa shape index (κ3) is 3.91. The average Bonchev–Trinajstić information content (AvgIpc) is 3.15. The zero-order valence-corrected chi connectivity index (χ0v) is 16.5. The van der Waals surface area contributed by atoms with Gasteiger partial charge in [0, 0.05) is 32.1 Å². The van der Waals surface area contributed by atoms with Crippen molar-refractivity contribution in [2.75, 3.05) is 5.32 Å². The van der Waals surface area contributed by atoms with Crippen LogP contribution in [0.2, 0.25) is 0 Å². The molecule has 0 fully saturated rings. The summed E-state index contributed by atoms with van der Waals surface area (Å²) >= 11 is 0. The number of aromatic nitrogens is 1. The van der Waals surface area contributed by atoms with E-state index in [0.29, 0.717) is 13.2 Å². The fraction of sp³-hybridized carbons (Fsp3) is 0.318. The molecule has 6 heteroatoms. The van der Waals surface area contributed by atoms with Crippen molar-refractivity contribution in [1.82, 2.24) is 5.16 Å². The highest BCUT2D eigenvalue weighted by molar-refractivity contribution is 5.56. The van der Waals surface area contributed by atoms with Gasteiger partial charge >= 0.3 is 0 Å². The van der Waals surface area contributed by atoms with Gasteiger partial charge in [-0.3, -0.25) is 0 Å². The van der Waals surface area contributed by atoms with E-state index in [0.717, 1.165) is 45.5 Å². The second kappa shape index (κ2) is 7.11. The van der Waals surface area contributed by atoms with Crippen LogP contribution < -0.4 is 19.5 Å². The van der Waals surface area contributed by atoms with E-state index < -0.39 is 5.79 Å². The summed E-state index contributed by atoms with van der Waals surface area (Å²) in [5.74, 6) is 2.54.